The van der Waals surface area contributed by atoms with Crippen LogP contribution < -0.4 is 20.3 Å². The Balaban J connectivity index is 1.53. The summed E-state index contributed by atoms with van der Waals surface area (Å²) >= 11 is 5.41. The molecule has 0 spiro atoms. The van der Waals surface area contributed by atoms with Gasteiger partial charge in [0.05, 0.1) is 7.11 Å². The van der Waals surface area contributed by atoms with E-state index in [2.05, 4.69) is 49.8 Å². The summed E-state index contributed by atoms with van der Waals surface area (Å²) in [5, 5.41) is 6.87. The largest absolute Gasteiger partial charge is 0.481 e. The van der Waals surface area contributed by atoms with E-state index in [-0.39, 0.29) is 0 Å². The zero-order valence-corrected chi connectivity index (χ0v) is 17.3. The molecule has 1 saturated heterocycles. The molecule has 28 heavy (non-hydrogen) atoms. The van der Waals surface area contributed by atoms with Gasteiger partial charge in [0, 0.05) is 25.7 Å². The van der Waals surface area contributed by atoms with Crippen molar-refractivity contribution in [3.63, 3.8) is 0 Å². The van der Waals surface area contributed by atoms with Gasteiger partial charge in [0.15, 0.2) is 5.11 Å². The second kappa shape index (κ2) is 10.8. The third-order valence-corrected chi connectivity index (χ3v) is 5.07. The second-order valence-corrected chi connectivity index (χ2v) is 7.37. The summed E-state index contributed by atoms with van der Waals surface area (Å²) in [6.07, 6.45) is 6.96. The maximum absolute atomic E-state index is 5.41. The molecule has 0 bridgehead atoms. The highest BCUT2D eigenvalue weighted by atomic mass is 32.1. The summed E-state index contributed by atoms with van der Waals surface area (Å²) in [6.45, 7) is 2.83. The minimum Gasteiger partial charge on any atom is -0.481 e. The van der Waals surface area contributed by atoms with Crippen molar-refractivity contribution < 1.29 is 4.74 Å². The van der Waals surface area contributed by atoms with Crippen LogP contribution in [-0.4, -0.2) is 41.8 Å². The Kier molecular flexibility index (Phi) is 7.84. The number of hydrogen-bond donors (Lipinski definition) is 2. The Morgan fingerprint density at radius 3 is 2.57 bits per heavy atom. The van der Waals surface area contributed by atoms with E-state index in [1.165, 1.54) is 31.2 Å². The van der Waals surface area contributed by atoms with Crippen molar-refractivity contribution in [2.45, 2.75) is 38.5 Å². The van der Waals surface area contributed by atoms with Gasteiger partial charge in [-0.3, -0.25) is 0 Å². The average Bonchev–Trinajstić information content (AvgIpc) is 3.01. The van der Waals surface area contributed by atoms with E-state index in [4.69, 9.17) is 17.0 Å². The molecule has 150 valence electrons. The van der Waals surface area contributed by atoms with Gasteiger partial charge in [-0.15, -0.1) is 0 Å². The highest BCUT2D eigenvalue weighted by Gasteiger charge is 2.14. The molecule has 0 unspecified atom stereocenters. The molecule has 1 aromatic carbocycles. The molecule has 2 aromatic rings. The fraction of sp³-hybridized carbons (Fsp3) is 0.476. The molecular formula is C21H29N5OS. The van der Waals surface area contributed by atoms with Crippen molar-refractivity contribution >= 4 is 29.1 Å². The maximum atomic E-state index is 5.41. The molecular weight excluding hydrogens is 370 g/mol. The molecule has 0 aliphatic carbocycles. The van der Waals surface area contributed by atoms with E-state index >= 15 is 0 Å². The van der Waals surface area contributed by atoms with Crippen molar-refractivity contribution in [2.24, 2.45) is 0 Å². The zero-order chi connectivity index (χ0) is 19.6. The first-order chi connectivity index (χ1) is 13.7. The van der Waals surface area contributed by atoms with Gasteiger partial charge < -0.3 is 20.3 Å². The highest BCUT2D eigenvalue weighted by Crippen LogP contribution is 2.22. The van der Waals surface area contributed by atoms with Gasteiger partial charge in [0.1, 0.15) is 5.82 Å². The maximum Gasteiger partial charge on any atom is 0.234 e. The van der Waals surface area contributed by atoms with Gasteiger partial charge in [-0.25, -0.2) is 0 Å². The fourth-order valence-corrected chi connectivity index (χ4v) is 3.51. The van der Waals surface area contributed by atoms with Crippen LogP contribution >= 0.6 is 12.2 Å². The fourth-order valence-electron chi connectivity index (χ4n) is 3.32. The first-order valence-electron chi connectivity index (χ1n) is 10.0. The third-order valence-electron chi connectivity index (χ3n) is 4.82. The number of methoxy groups -OCH3 is 1. The number of aryl methyl sites for hydroxylation is 1. The lowest BCUT2D eigenvalue weighted by Crippen LogP contribution is -2.31. The third kappa shape index (κ3) is 6.34. The van der Waals surface area contributed by atoms with Crippen molar-refractivity contribution in [2.75, 3.05) is 37.0 Å². The number of thiocarbonyl (C=S) groups is 1. The van der Waals surface area contributed by atoms with Crippen LogP contribution in [0.15, 0.2) is 36.4 Å². The number of aromatic nitrogens is 2. The summed E-state index contributed by atoms with van der Waals surface area (Å²) in [6, 6.07) is 12.4. The SMILES string of the molecule is COc1cc(N2CCCCCC2)nc(NC(=S)NCCCc2ccccc2)n1. The molecule has 1 aliphatic heterocycles. The van der Waals surface area contributed by atoms with Crippen LogP contribution in [0.5, 0.6) is 5.88 Å². The van der Waals surface area contributed by atoms with Gasteiger partial charge in [-0.1, -0.05) is 43.2 Å². The summed E-state index contributed by atoms with van der Waals surface area (Å²) < 4.78 is 5.37. The quantitative estimate of drug-likeness (QED) is 0.542. The molecule has 1 aromatic heterocycles. The minimum absolute atomic E-state index is 0.471. The van der Waals surface area contributed by atoms with Crippen LogP contribution in [0, 0.1) is 0 Å². The number of hydrogen-bond acceptors (Lipinski definition) is 5. The topological polar surface area (TPSA) is 62.3 Å². The van der Waals surface area contributed by atoms with Gasteiger partial charge in [-0.05, 0) is 43.5 Å². The molecule has 3 rings (SSSR count). The highest BCUT2D eigenvalue weighted by molar-refractivity contribution is 7.80. The Morgan fingerprint density at radius 1 is 1.11 bits per heavy atom. The van der Waals surface area contributed by atoms with Crippen molar-refractivity contribution in [3.8, 4) is 5.88 Å². The standard InChI is InChI=1S/C21H29N5OS/c1-27-19-16-18(26-14-7-2-3-8-15-26)23-20(24-19)25-21(28)22-13-9-12-17-10-5-4-6-11-17/h4-6,10-11,16H,2-3,7-9,12-15H2,1H3,(H2,22,23,24,25,28). The number of anilines is 2. The Hall–Kier alpha value is -2.41. The molecule has 2 N–H and O–H groups in total. The summed E-state index contributed by atoms with van der Waals surface area (Å²) in [7, 11) is 1.62. The normalized spacial score (nSPS) is 14.2. The van der Waals surface area contributed by atoms with E-state index < -0.39 is 0 Å². The van der Waals surface area contributed by atoms with Gasteiger partial charge in [0.25, 0.3) is 0 Å². The first-order valence-corrected chi connectivity index (χ1v) is 10.4. The molecule has 1 aliphatic rings. The predicted molar refractivity (Wildman–Crippen MR) is 118 cm³/mol. The number of rotatable bonds is 7. The van der Waals surface area contributed by atoms with Crippen molar-refractivity contribution in [3.05, 3.63) is 42.0 Å². The van der Waals surface area contributed by atoms with E-state index in [0.717, 1.165) is 38.3 Å². The zero-order valence-electron chi connectivity index (χ0n) is 16.5. The average molecular weight is 400 g/mol. The van der Waals surface area contributed by atoms with E-state index in [1.54, 1.807) is 7.11 Å². The van der Waals surface area contributed by atoms with E-state index in [9.17, 15) is 0 Å². The van der Waals surface area contributed by atoms with E-state index in [1.807, 2.05) is 12.1 Å². The van der Waals surface area contributed by atoms with Crippen LogP contribution in [0.2, 0.25) is 0 Å². The molecule has 0 saturated carbocycles. The Morgan fingerprint density at radius 2 is 1.86 bits per heavy atom. The van der Waals surface area contributed by atoms with Gasteiger partial charge >= 0.3 is 0 Å². The molecule has 0 atom stereocenters. The van der Waals surface area contributed by atoms with Crippen LogP contribution in [0.3, 0.4) is 0 Å². The van der Waals surface area contributed by atoms with Crippen molar-refractivity contribution in [1.29, 1.82) is 0 Å². The summed E-state index contributed by atoms with van der Waals surface area (Å²) in [5.41, 5.74) is 1.33. The monoisotopic (exact) mass is 399 g/mol. The summed E-state index contributed by atoms with van der Waals surface area (Å²) in [4.78, 5) is 11.4. The Bertz CT molecular complexity index is 748. The smallest absolute Gasteiger partial charge is 0.234 e. The second-order valence-electron chi connectivity index (χ2n) is 6.96. The van der Waals surface area contributed by atoms with Gasteiger partial charge in [-0.2, -0.15) is 9.97 Å². The van der Waals surface area contributed by atoms with E-state index in [0.29, 0.717) is 16.9 Å². The molecule has 0 amide bonds. The van der Waals surface area contributed by atoms with Crippen LogP contribution in [0.1, 0.15) is 37.7 Å². The number of ether oxygens (including phenoxy) is 1. The number of nitrogens with one attached hydrogen (secondary N) is 2. The lowest BCUT2D eigenvalue weighted by molar-refractivity contribution is 0.397. The van der Waals surface area contributed by atoms with Gasteiger partial charge in [0.2, 0.25) is 11.8 Å². The summed E-state index contributed by atoms with van der Waals surface area (Å²) in [5.74, 6) is 1.91. The van der Waals surface area contributed by atoms with Crippen LogP contribution in [-0.2, 0) is 6.42 Å². The molecule has 6 nitrogen and oxygen atoms in total. The molecule has 1 fully saturated rings. The minimum atomic E-state index is 0.471. The predicted octanol–water partition coefficient (Wildman–Crippen LogP) is 3.78. The number of nitrogens with zero attached hydrogens (tertiary/aromatic N) is 3. The van der Waals surface area contributed by atoms with Crippen LogP contribution in [0.4, 0.5) is 11.8 Å². The molecule has 0 radical (unpaired) electrons. The Labute approximate surface area is 172 Å². The lowest BCUT2D eigenvalue weighted by atomic mass is 10.1. The first kappa shape index (κ1) is 20.3. The lowest BCUT2D eigenvalue weighted by Gasteiger charge is -2.22. The molecule has 2 heterocycles. The van der Waals surface area contributed by atoms with Crippen molar-refractivity contribution in [1.82, 2.24) is 15.3 Å². The molecule has 7 heteroatoms. The number of benzene rings is 1. The van der Waals surface area contributed by atoms with Crippen LogP contribution in [0.25, 0.3) is 0 Å².